The van der Waals surface area contributed by atoms with E-state index < -0.39 is 5.91 Å². The molecule has 1 amide bonds. The first-order valence-electron chi connectivity index (χ1n) is 7.51. The van der Waals surface area contributed by atoms with Crippen molar-refractivity contribution in [3.05, 3.63) is 60.2 Å². The summed E-state index contributed by atoms with van der Waals surface area (Å²) < 4.78 is 6.55. The molecule has 0 aliphatic heterocycles. The van der Waals surface area contributed by atoms with Gasteiger partial charge < -0.3 is 20.1 Å². The number of hydrogen-bond donors (Lipinski definition) is 3. The Hall–Kier alpha value is -3.22. The molecule has 0 spiro atoms. The van der Waals surface area contributed by atoms with Gasteiger partial charge in [-0.3, -0.25) is 4.79 Å². The topological polar surface area (TPSA) is 92.2 Å². The quantitative estimate of drug-likeness (QED) is 0.645. The molecule has 0 saturated heterocycles. The zero-order valence-electron chi connectivity index (χ0n) is 13.2. The Morgan fingerprint density at radius 1 is 1.33 bits per heavy atom. The van der Waals surface area contributed by atoms with Crippen LogP contribution in [0.15, 0.2) is 48.8 Å². The van der Waals surface area contributed by atoms with Crippen molar-refractivity contribution in [2.75, 3.05) is 13.7 Å². The largest absolute Gasteiger partial charge is 0.504 e. The van der Waals surface area contributed by atoms with Gasteiger partial charge in [-0.05, 0) is 36.4 Å². The van der Waals surface area contributed by atoms with E-state index in [0.717, 1.165) is 17.1 Å². The molecule has 3 N–H and O–H groups in total. The van der Waals surface area contributed by atoms with E-state index in [1.807, 2.05) is 18.3 Å². The highest BCUT2D eigenvalue weighted by atomic mass is 16.5. The predicted molar refractivity (Wildman–Crippen MR) is 88.6 cm³/mol. The summed E-state index contributed by atoms with van der Waals surface area (Å²) in [5, 5.41) is 16.9. The van der Waals surface area contributed by atoms with Gasteiger partial charge in [0.2, 0.25) is 0 Å². The number of aromatic amines is 1. The van der Waals surface area contributed by atoms with Crippen LogP contribution in [0.25, 0.3) is 5.69 Å². The highest BCUT2D eigenvalue weighted by molar-refractivity contribution is 5.94. The van der Waals surface area contributed by atoms with Gasteiger partial charge in [-0.15, -0.1) is 0 Å². The molecule has 3 aromatic rings. The molecule has 0 radical (unpaired) electrons. The molecule has 2 heterocycles. The molecule has 1 aromatic carbocycles. The van der Waals surface area contributed by atoms with Gasteiger partial charge in [0.1, 0.15) is 5.75 Å². The number of carbonyl (C=O) groups is 1. The van der Waals surface area contributed by atoms with E-state index in [1.165, 1.54) is 10.9 Å². The molecule has 124 valence electrons. The van der Waals surface area contributed by atoms with Gasteiger partial charge in [0.05, 0.1) is 19.0 Å². The lowest BCUT2D eigenvalue weighted by molar-refractivity contribution is 0.0946. The molecule has 0 unspecified atom stereocenters. The summed E-state index contributed by atoms with van der Waals surface area (Å²) in [6.07, 6.45) is 3.92. The SMILES string of the molecule is COc1ccc(-n2cc(O)c(C(=O)NCCc3ccc[nH]3)n2)cc1. The van der Waals surface area contributed by atoms with Crippen molar-refractivity contribution in [1.82, 2.24) is 20.1 Å². The highest BCUT2D eigenvalue weighted by Crippen LogP contribution is 2.20. The lowest BCUT2D eigenvalue weighted by atomic mass is 10.3. The number of methoxy groups -OCH3 is 1. The summed E-state index contributed by atoms with van der Waals surface area (Å²) in [5.41, 5.74) is 1.75. The van der Waals surface area contributed by atoms with E-state index in [1.54, 1.807) is 31.4 Å². The number of benzene rings is 1. The first-order chi connectivity index (χ1) is 11.7. The summed E-state index contributed by atoms with van der Waals surface area (Å²) in [7, 11) is 1.59. The van der Waals surface area contributed by atoms with E-state index in [9.17, 15) is 9.90 Å². The molecule has 0 fully saturated rings. The molecule has 2 aromatic heterocycles. The van der Waals surface area contributed by atoms with Gasteiger partial charge in [-0.25, -0.2) is 4.68 Å². The lowest BCUT2D eigenvalue weighted by Crippen LogP contribution is -2.26. The van der Waals surface area contributed by atoms with Crippen LogP contribution < -0.4 is 10.1 Å². The molecule has 0 aliphatic carbocycles. The summed E-state index contributed by atoms with van der Waals surface area (Å²) in [6.45, 7) is 0.453. The lowest BCUT2D eigenvalue weighted by Gasteiger charge is -2.03. The maximum absolute atomic E-state index is 12.2. The molecule has 0 saturated carbocycles. The van der Waals surface area contributed by atoms with Gasteiger partial charge in [-0.1, -0.05) is 0 Å². The number of nitrogens with zero attached hydrogens (tertiary/aromatic N) is 2. The summed E-state index contributed by atoms with van der Waals surface area (Å²) in [6, 6.07) is 11.0. The minimum absolute atomic E-state index is 0.00250. The molecule has 24 heavy (non-hydrogen) atoms. The molecular weight excluding hydrogens is 308 g/mol. The van der Waals surface area contributed by atoms with Crippen LogP contribution in [0.1, 0.15) is 16.2 Å². The van der Waals surface area contributed by atoms with Crippen molar-refractivity contribution in [3.8, 4) is 17.2 Å². The fraction of sp³-hybridized carbons (Fsp3) is 0.176. The van der Waals surface area contributed by atoms with Crippen LogP contribution in [-0.4, -0.2) is 39.4 Å². The van der Waals surface area contributed by atoms with Crippen molar-refractivity contribution in [1.29, 1.82) is 0 Å². The number of ether oxygens (including phenoxy) is 1. The summed E-state index contributed by atoms with van der Waals surface area (Å²) in [4.78, 5) is 15.2. The van der Waals surface area contributed by atoms with Crippen LogP contribution in [0, 0.1) is 0 Å². The summed E-state index contributed by atoms with van der Waals surface area (Å²) in [5.74, 6) is 0.145. The average Bonchev–Trinajstić information content (AvgIpc) is 3.24. The second kappa shape index (κ2) is 6.91. The van der Waals surface area contributed by atoms with E-state index in [4.69, 9.17) is 4.74 Å². The third-order valence-corrected chi connectivity index (χ3v) is 3.59. The average molecular weight is 326 g/mol. The maximum atomic E-state index is 12.2. The van der Waals surface area contributed by atoms with Crippen LogP contribution in [-0.2, 0) is 6.42 Å². The fourth-order valence-electron chi connectivity index (χ4n) is 2.31. The van der Waals surface area contributed by atoms with Crippen LogP contribution in [0.4, 0.5) is 0 Å². The van der Waals surface area contributed by atoms with Crippen molar-refractivity contribution < 1.29 is 14.6 Å². The first-order valence-corrected chi connectivity index (χ1v) is 7.51. The van der Waals surface area contributed by atoms with Gasteiger partial charge >= 0.3 is 0 Å². The Kier molecular flexibility index (Phi) is 4.51. The zero-order chi connectivity index (χ0) is 16.9. The van der Waals surface area contributed by atoms with Crippen molar-refractivity contribution >= 4 is 5.91 Å². The van der Waals surface area contributed by atoms with Gasteiger partial charge in [0.25, 0.3) is 5.91 Å². The number of aromatic hydroxyl groups is 1. The first kappa shape index (κ1) is 15.7. The van der Waals surface area contributed by atoms with Gasteiger partial charge in [0, 0.05) is 24.9 Å². The third-order valence-electron chi connectivity index (χ3n) is 3.59. The van der Waals surface area contributed by atoms with E-state index in [-0.39, 0.29) is 11.4 Å². The van der Waals surface area contributed by atoms with Gasteiger partial charge in [-0.2, -0.15) is 5.10 Å². The third kappa shape index (κ3) is 3.40. The smallest absolute Gasteiger partial charge is 0.275 e. The second-order valence-corrected chi connectivity index (χ2v) is 5.21. The Balaban J connectivity index is 1.67. The number of aromatic nitrogens is 3. The maximum Gasteiger partial charge on any atom is 0.275 e. The molecule has 0 bridgehead atoms. The number of amides is 1. The Morgan fingerprint density at radius 3 is 2.79 bits per heavy atom. The minimum atomic E-state index is -0.411. The van der Waals surface area contributed by atoms with Crippen LogP contribution in [0.2, 0.25) is 0 Å². The van der Waals surface area contributed by atoms with Crippen LogP contribution in [0.3, 0.4) is 0 Å². The Labute approximate surface area is 138 Å². The number of carbonyl (C=O) groups excluding carboxylic acids is 1. The standard InChI is InChI=1S/C17H18N4O3/c1-24-14-6-4-13(5-7-14)21-11-15(22)16(20-21)17(23)19-10-8-12-3-2-9-18-12/h2-7,9,11,18,22H,8,10H2,1H3,(H,19,23). The minimum Gasteiger partial charge on any atom is -0.504 e. The highest BCUT2D eigenvalue weighted by Gasteiger charge is 2.16. The molecule has 7 nitrogen and oxygen atoms in total. The number of H-pyrrole nitrogens is 1. The zero-order valence-corrected chi connectivity index (χ0v) is 13.2. The van der Waals surface area contributed by atoms with E-state index in [2.05, 4.69) is 15.4 Å². The fourth-order valence-corrected chi connectivity index (χ4v) is 2.31. The predicted octanol–water partition coefficient (Wildman–Crippen LogP) is 1.89. The molecule has 3 rings (SSSR count). The van der Waals surface area contributed by atoms with Crippen molar-refractivity contribution in [3.63, 3.8) is 0 Å². The molecule has 0 aliphatic rings. The number of rotatable bonds is 6. The van der Waals surface area contributed by atoms with E-state index in [0.29, 0.717) is 13.0 Å². The van der Waals surface area contributed by atoms with Crippen molar-refractivity contribution in [2.24, 2.45) is 0 Å². The normalized spacial score (nSPS) is 10.5. The van der Waals surface area contributed by atoms with Gasteiger partial charge in [0.15, 0.2) is 11.4 Å². The Bertz CT molecular complexity index is 807. The monoisotopic (exact) mass is 326 g/mol. The molecule has 7 heteroatoms. The van der Waals surface area contributed by atoms with E-state index >= 15 is 0 Å². The van der Waals surface area contributed by atoms with Crippen molar-refractivity contribution in [2.45, 2.75) is 6.42 Å². The second-order valence-electron chi connectivity index (χ2n) is 5.21. The summed E-state index contributed by atoms with van der Waals surface area (Å²) >= 11 is 0. The number of nitrogens with one attached hydrogen (secondary N) is 2. The Morgan fingerprint density at radius 2 is 2.12 bits per heavy atom. The van der Waals surface area contributed by atoms with Crippen LogP contribution >= 0.6 is 0 Å². The molecular formula is C17H18N4O3. The van der Waals surface area contributed by atoms with Crippen LogP contribution in [0.5, 0.6) is 11.5 Å². The number of hydrogen-bond acceptors (Lipinski definition) is 4. The molecule has 0 atom stereocenters.